The minimum Gasteiger partial charge on any atom is -0.444 e. The highest BCUT2D eigenvalue weighted by atomic mass is 19.4. The quantitative estimate of drug-likeness (QED) is 0.870. The summed E-state index contributed by atoms with van der Waals surface area (Å²) in [6.07, 6.45) is -3.37. The van der Waals surface area contributed by atoms with Crippen LogP contribution in [0.25, 0.3) is 0 Å². The lowest BCUT2D eigenvalue weighted by atomic mass is 9.82. The molecule has 4 nitrogen and oxygen atoms in total. The second-order valence-corrected chi connectivity index (χ2v) is 7.70. The van der Waals surface area contributed by atoms with Crippen molar-refractivity contribution < 1.29 is 22.7 Å². The van der Waals surface area contributed by atoms with Crippen LogP contribution in [0.4, 0.5) is 18.0 Å². The summed E-state index contributed by atoms with van der Waals surface area (Å²) in [5, 5.41) is 0. The molecule has 0 bridgehead atoms. The normalized spacial score (nSPS) is 18.1. The summed E-state index contributed by atoms with van der Waals surface area (Å²) in [5.74, 6) is 0. The first-order valence-electron chi connectivity index (χ1n) is 8.31. The molecule has 2 N–H and O–H groups in total. The van der Waals surface area contributed by atoms with E-state index in [1.807, 2.05) is 0 Å². The van der Waals surface area contributed by atoms with Crippen molar-refractivity contribution in [3.63, 3.8) is 0 Å². The molecule has 1 fully saturated rings. The van der Waals surface area contributed by atoms with E-state index in [-0.39, 0.29) is 6.09 Å². The number of benzene rings is 1. The Morgan fingerprint density at radius 2 is 1.84 bits per heavy atom. The molecule has 1 aliphatic heterocycles. The molecule has 1 amide bonds. The van der Waals surface area contributed by atoms with Gasteiger partial charge in [0.25, 0.3) is 0 Å². The first-order chi connectivity index (χ1) is 11.4. The monoisotopic (exact) mass is 358 g/mol. The zero-order valence-corrected chi connectivity index (χ0v) is 14.8. The average Bonchev–Trinajstić information content (AvgIpc) is 2.45. The number of carbonyl (C=O) groups excluding carboxylic acids is 1. The van der Waals surface area contributed by atoms with Gasteiger partial charge in [0.05, 0.1) is 5.56 Å². The Bertz CT molecular complexity index is 615. The predicted molar refractivity (Wildman–Crippen MR) is 89.1 cm³/mol. The number of amides is 1. The summed E-state index contributed by atoms with van der Waals surface area (Å²) in [7, 11) is 0. The fourth-order valence-electron chi connectivity index (χ4n) is 2.90. The highest BCUT2D eigenvalue weighted by Crippen LogP contribution is 2.31. The molecule has 2 rings (SSSR count). The molecular formula is C18H25F3N2O2. The SMILES string of the molecule is CC(C)(C)OC(=O)N1CCC(N)(Cc2cccc(C(F)(F)F)c2)CC1. The summed E-state index contributed by atoms with van der Waals surface area (Å²) < 4.78 is 43.8. The number of ether oxygens (including phenoxy) is 1. The molecule has 25 heavy (non-hydrogen) atoms. The van der Waals surface area contributed by atoms with Gasteiger partial charge in [0.2, 0.25) is 0 Å². The van der Waals surface area contributed by atoms with Crippen LogP contribution in [0.1, 0.15) is 44.7 Å². The van der Waals surface area contributed by atoms with E-state index >= 15 is 0 Å². The topological polar surface area (TPSA) is 55.6 Å². The van der Waals surface area contributed by atoms with Gasteiger partial charge in [-0.05, 0) is 51.7 Å². The summed E-state index contributed by atoms with van der Waals surface area (Å²) in [6.45, 7) is 6.27. The van der Waals surface area contributed by atoms with E-state index in [9.17, 15) is 18.0 Å². The predicted octanol–water partition coefficient (Wildman–Crippen LogP) is 3.98. The zero-order valence-electron chi connectivity index (χ0n) is 14.8. The molecule has 0 aromatic heterocycles. The molecule has 0 aliphatic carbocycles. The van der Waals surface area contributed by atoms with Gasteiger partial charge in [-0.1, -0.05) is 18.2 Å². The summed E-state index contributed by atoms with van der Waals surface area (Å²) >= 11 is 0. The number of nitrogens with zero attached hydrogens (tertiary/aromatic N) is 1. The molecule has 140 valence electrons. The smallest absolute Gasteiger partial charge is 0.416 e. The Hall–Kier alpha value is -1.76. The lowest BCUT2D eigenvalue weighted by molar-refractivity contribution is -0.137. The van der Waals surface area contributed by atoms with E-state index in [0.29, 0.717) is 37.9 Å². The first-order valence-corrected chi connectivity index (χ1v) is 8.31. The van der Waals surface area contributed by atoms with Crippen LogP contribution in [0.5, 0.6) is 0 Å². The Morgan fingerprint density at radius 1 is 1.24 bits per heavy atom. The number of nitrogens with two attached hydrogens (primary N) is 1. The molecule has 0 unspecified atom stereocenters. The number of hydrogen-bond acceptors (Lipinski definition) is 3. The summed E-state index contributed by atoms with van der Waals surface area (Å²) in [5.41, 5.74) is 5.09. The van der Waals surface area contributed by atoms with Gasteiger partial charge in [-0.2, -0.15) is 13.2 Å². The molecule has 0 spiro atoms. The van der Waals surface area contributed by atoms with Gasteiger partial charge >= 0.3 is 12.3 Å². The van der Waals surface area contributed by atoms with Gasteiger partial charge in [0, 0.05) is 18.6 Å². The van der Waals surface area contributed by atoms with Crippen molar-refractivity contribution in [2.75, 3.05) is 13.1 Å². The van der Waals surface area contributed by atoms with Crippen LogP contribution in [0.15, 0.2) is 24.3 Å². The number of halogens is 3. The zero-order chi connectivity index (χ0) is 18.9. The van der Waals surface area contributed by atoms with E-state index in [4.69, 9.17) is 10.5 Å². The van der Waals surface area contributed by atoms with Crippen molar-refractivity contribution in [1.82, 2.24) is 4.90 Å². The standard InChI is InChI=1S/C18H25F3N2O2/c1-16(2,3)25-15(24)23-9-7-17(22,8-10-23)12-13-5-4-6-14(11-13)18(19,20)21/h4-6,11H,7-10,12,22H2,1-3H3. The number of hydrogen-bond donors (Lipinski definition) is 1. The molecule has 1 aromatic rings. The van der Waals surface area contributed by atoms with Crippen LogP contribution < -0.4 is 5.73 Å². The van der Waals surface area contributed by atoms with E-state index in [1.54, 1.807) is 31.7 Å². The van der Waals surface area contributed by atoms with Gasteiger partial charge in [0.15, 0.2) is 0 Å². The highest BCUT2D eigenvalue weighted by Gasteiger charge is 2.35. The fourth-order valence-corrected chi connectivity index (χ4v) is 2.90. The molecule has 0 atom stereocenters. The van der Waals surface area contributed by atoms with Crippen LogP contribution in [0.3, 0.4) is 0 Å². The van der Waals surface area contributed by atoms with Gasteiger partial charge in [-0.15, -0.1) is 0 Å². The molecule has 1 heterocycles. The van der Waals surface area contributed by atoms with E-state index in [2.05, 4.69) is 0 Å². The fraction of sp³-hybridized carbons (Fsp3) is 0.611. The molecule has 0 radical (unpaired) electrons. The molecule has 1 saturated heterocycles. The Kier molecular flexibility index (Phi) is 5.37. The molecule has 1 aliphatic rings. The third-order valence-corrected chi connectivity index (χ3v) is 4.22. The van der Waals surface area contributed by atoms with Gasteiger partial charge in [-0.25, -0.2) is 4.79 Å². The second kappa shape index (κ2) is 6.86. The van der Waals surface area contributed by atoms with E-state index in [1.165, 1.54) is 6.07 Å². The number of likely N-dealkylation sites (tertiary alicyclic amines) is 1. The maximum absolute atomic E-state index is 12.8. The van der Waals surface area contributed by atoms with Crippen molar-refractivity contribution in [3.05, 3.63) is 35.4 Å². The maximum atomic E-state index is 12.8. The number of alkyl halides is 3. The third kappa shape index (κ3) is 5.63. The molecule has 0 saturated carbocycles. The van der Waals surface area contributed by atoms with Gasteiger partial charge in [-0.3, -0.25) is 0 Å². The van der Waals surface area contributed by atoms with Crippen molar-refractivity contribution in [2.45, 2.75) is 57.3 Å². The first kappa shape index (κ1) is 19.6. The largest absolute Gasteiger partial charge is 0.444 e. The highest BCUT2D eigenvalue weighted by molar-refractivity contribution is 5.68. The number of rotatable bonds is 2. The van der Waals surface area contributed by atoms with Crippen LogP contribution in [-0.4, -0.2) is 35.2 Å². The molecule has 7 heteroatoms. The Morgan fingerprint density at radius 3 is 2.36 bits per heavy atom. The summed E-state index contributed by atoms with van der Waals surface area (Å²) in [4.78, 5) is 13.7. The lowest BCUT2D eigenvalue weighted by Gasteiger charge is -2.39. The van der Waals surface area contributed by atoms with Crippen molar-refractivity contribution in [1.29, 1.82) is 0 Å². The van der Waals surface area contributed by atoms with Crippen LogP contribution in [0, 0.1) is 0 Å². The van der Waals surface area contributed by atoms with E-state index in [0.717, 1.165) is 12.1 Å². The lowest BCUT2D eigenvalue weighted by Crippen LogP contribution is -2.53. The van der Waals surface area contributed by atoms with Gasteiger partial charge < -0.3 is 15.4 Å². The summed E-state index contributed by atoms with van der Waals surface area (Å²) in [6, 6.07) is 5.26. The Balaban J connectivity index is 1.98. The van der Waals surface area contributed by atoms with Gasteiger partial charge in [0.1, 0.15) is 5.60 Å². The average molecular weight is 358 g/mol. The van der Waals surface area contributed by atoms with Crippen molar-refractivity contribution in [2.24, 2.45) is 5.73 Å². The van der Waals surface area contributed by atoms with Crippen molar-refractivity contribution in [3.8, 4) is 0 Å². The molecular weight excluding hydrogens is 333 g/mol. The van der Waals surface area contributed by atoms with Crippen LogP contribution in [-0.2, 0) is 17.3 Å². The van der Waals surface area contributed by atoms with E-state index < -0.39 is 22.9 Å². The van der Waals surface area contributed by atoms with Crippen LogP contribution >= 0.6 is 0 Å². The van der Waals surface area contributed by atoms with Crippen LogP contribution in [0.2, 0.25) is 0 Å². The molecule has 1 aromatic carbocycles. The minimum absolute atomic E-state index is 0.346. The number of carbonyl (C=O) groups is 1. The van der Waals surface area contributed by atoms with Crippen molar-refractivity contribution >= 4 is 6.09 Å². The second-order valence-electron chi connectivity index (χ2n) is 7.70. The maximum Gasteiger partial charge on any atom is 0.416 e. The number of piperidine rings is 1. The minimum atomic E-state index is -4.36. The third-order valence-electron chi connectivity index (χ3n) is 4.22. The Labute approximate surface area is 146 Å².